The van der Waals surface area contributed by atoms with Gasteiger partial charge in [0.15, 0.2) is 0 Å². The van der Waals surface area contributed by atoms with Crippen LogP contribution in [-0.2, 0) is 11.3 Å². The lowest BCUT2D eigenvalue weighted by Gasteiger charge is -2.27. The second-order valence-electron chi connectivity index (χ2n) is 5.71. The number of amides is 3. The highest BCUT2D eigenvalue weighted by atomic mass is 16.3. The van der Waals surface area contributed by atoms with Crippen LogP contribution in [0, 0.1) is 0 Å². The van der Waals surface area contributed by atoms with Crippen molar-refractivity contribution in [2.75, 3.05) is 18.0 Å². The van der Waals surface area contributed by atoms with Gasteiger partial charge in [-0.05, 0) is 31.5 Å². The highest BCUT2D eigenvalue weighted by Gasteiger charge is 2.38. The van der Waals surface area contributed by atoms with Gasteiger partial charge in [-0.15, -0.1) is 0 Å². The van der Waals surface area contributed by atoms with Gasteiger partial charge in [-0.3, -0.25) is 4.79 Å². The summed E-state index contributed by atoms with van der Waals surface area (Å²) in [5.74, 6) is -0.0264. The summed E-state index contributed by atoms with van der Waals surface area (Å²) in [7, 11) is 0. The van der Waals surface area contributed by atoms with Crippen LogP contribution < -0.4 is 10.2 Å². The molecule has 1 N–H and O–H groups in total. The Morgan fingerprint density at radius 1 is 1.33 bits per heavy atom. The normalized spacial score (nSPS) is 17.1. The van der Waals surface area contributed by atoms with Crippen LogP contribution in [0.3, 0.4) is 0 Å². The number of nitrogens with zero attached hydrogens (tertiary/aromatic N) is 2. The standard InChI is InChI=1S/C18H21N3O3/c1-2-20(18(23)19-12-14-9-11-24-13-14)16-8-10-21(17(16)22)15-6-4-3-5-7-15/h3-7,9,11,13,16H,2,8,10,12H2,1H3,(H,19,23). The highest BCUT2D eigenvalue weighted by molar-refractivity contribution is 6.01. The molecule has 6 heteroatoms. The molecular weight excluding hydrogens is 306 g/mol. The number of anilines is 1. The van der Waals surface area contributed by atoms with Crippen molar-refractivity contribution < 1.29 is 14.0 Å². The second kappa shape index (κ2) is 7.21. The van der Waals surface area contributed by atoms with Crippen molar-refractivity contribution in [1.82, 2.24) is 10.2 Å². The van der Waals surface area contributed by atoms with Gasteiger partial charge in [0.2, 0.25) is 5.91 Å². The fourth-order valence-corrected chi connectivity index (χ4v) is 3.00. The van der Waals surface area contributed by atoms with E-state index in [4.69, 9.17) is 4.42 Å². The minimum Gasteiger partial charge on any atom is -0.472 e. The zero-order chi connectivity index (χ0) is 16.9. The maximum atomic E-state index is 12.7. The molecule has 2 heterocycles. The zero-order valence-electron chi connectivity index (χ0n) is 13.6. The van der Waals surface area contributed by atoms with E-state index >= 15 is 0 Å². The van der Waals surface area contributed by atoms with E-state index in [1.54, 1.807) is 28.4 Å². The molecular formula is C18H21N3O3. The summed E-state index contributed by atoms with van der Waals surface area (Å²) in [6.07, 6.45) is 3.80. The van der Waals surface area contributed by atoms with Gasteiger partial charge < -0.3 is 19.5 Å². The zero-order valence-corrected chi connectivity index (χ0v) is 13.6. The average Bonchev–Trinajstić information content (AvgIpc) is 3.25. The van der Waals surface area contributed by atoms with Crippen LogP contribution in [0.15, 0.2) is 53.3 Å². The summed E-state index contributed by atoms with van der Waals surface area (Å²) in [5.41, 5.74) is 1.77. The van der Waals surface area contributed by atoms with Crippen LogP contribution in [0.25, 0.3) is 0 Å². The number of hydrogen-bond donors (Lipinski definition) is 1. The lowest BCUT2D eigenvalue weighted by atomic mass is 10.2. The number of carbonyl (C=O) groups excluding carboxylic acids is 2. The van der Waals surface area contributed by atoms with Crippen molar-refractivity contribution in [3.8, 4) is 0 Å². The fourth-order valence-electron chi connectivity index (χ4n) is 3.00. The molecule has 0 radical (unpaired) electrons. The maximum absolute atomic E-state index is 12.7. The summed E-state index contributed by atoms with van der Waals surface area (Å²) >= 11 is 0. The molecule has 0 bridgehead atoms. The number of nitrogens with one attached hydrogen (secondary N) is 1. The molecule has 1 aromatic carbocycles. The van der Waals surface area contributed by atoms with Gasteiger partial charge in [0.1, 0.15) is 6.04 Å². The van der Waals surface area contributed by atoms with Crippen LogP contribution in [0.5, 0.6) is 0 Å². The van der Waals surface area contributed by atoms with Gasteiger partial charge in [-0.2, -0.15) is 0 Å². The lowest BCUT2D eigenvalue weighted by Crippen LogP contribution is -2.49. The van der Waals surface area contributed by atoms with Gasteiger partial charge in [-0.1, -0.05) is 18.2 Å². The topological polar surface area (TPSA) is 65.8 Å². The first-order chi connectivity index (χ1) is 11.7. The van der Waals surface area contributed by atoms with E-state index in [9.17, 15) is 9.59 Å². The van der Waals surface area contributed by atoms with Crippen LogP contribution in [0.4, 0.5) is 10.5 Å². The number of carbonyl (C=O) groups is 2. The Bertz CT molecular complexity index is 685. The molecule has 3 rings (SSSR count). The first-order valence-electron chi connectivity index (χ1n) is 8.12. The molecule has 3 amide bonds. The molecule has 1 fully saturated rings. The first kappa shape index (κ1) is 16.1. The van der Waals surface area contributed by atoms with E-state index in [-0.39, 0.29) is 11.9 Å². The number of benzene rings is 1. The predicted octanol–water partition coefficient (Wildman–Crippen LogP) is 2.62. The lowest BCUT2D eigenvalue weighted by molar-refractivity contribution is -0.120. The first-order valence-corrected chi connectivity index (χ1v) is 8.12. The van der Waals surface area contributed by atoms with Crippen LogP contribution in [-0.4, -0.2) is 36.0 Å². The molecule has 24 heavy (non-hydrogen) atoms. The minimum absolute atomic E-state index is 0.0264. The van der Waals surface area contributed by atoms with E-state index in [1.165, 1.54) is 0 Å². The Morgan fingerprint density at radius 2 is 2.12 bits per heavy atom. The Balaban J connectivity index is 1.65. The Kier molecular flexibility index (Phi) is 4.84. The van der Waals surface area contributed by atoms with E-state index in [1.807, 2.05) is 37.3 Å². The fraction of sp³-hybridized carbons (Fsp3) is 0.333. The SMILES string of the molecule is CCN(C(=O)NCc1ccoc1)C1CCN(c2ccccc2)C1=O. The van der Waals surface area contributed by atoms with Crippen LogP contribution in [0.2, 0.25) is 0 Å². The monoisotopic (exact) mass is 327 g/mol. The summed E-state index contributed by atoms with van der Waals surface area (Å²) in [6.45, 7) is 3.38. The number of urea groups is 1. The van der Waals surface area contributed by atoms with E-state index < -0.39 is 6.04 Å². The van der Waals surface area contributed by atoms with Gasteiger partial charge in [-0.25, -0.2) is 4.79 Å². The number of para-hydroxylation sites is 1. The third-order valence-electron chi connectivity index (χ3n) is 4.25. The molecule has 6 nitrogen and oxygen atoms in total. The number of hydrogen-bond acceptors (Lipinski definition) is 3. The van der Waals surface area contributed by atoms with Crippen LogP contribution in [0.1, 0.15) is 18.9 Å². The largest absolute Gasteiger partial charge is 0.472 e. The molecule has 1 aliphatic heterocycles. The molecule has 1 aliphatic rings. The maximum Gasteiger partial charge on any atom is 0.318 e. The van der Waals surface area contributed by atoms with E-state index in [0.717, 1.165) is 11.3 Å². The van der Waals surface area contributed by atoms with E-state index in [0.29, 0.717) is 26.1 Å². The van der Waals surface area contributed by atoms with Gasteiger partial charge in [0, 0.05) is 30.9 Å². The molecule has 0 aliphatic carbocycles. The number of likely N-dealkylation sites (N-methyl/N-ethyl adjacent to an activating group) is 1. The summed E-state index contributed by atoms with van der Waals surface area (Å²) < 4.78 is 4.99. The van der Waals surface area contributed by atoms with Gasteiger partial charge in [0.05, 0.1) is 12.5 Å². The predicted molar refractivity (Wildman–Crippen MR) is 90.5 cm³/mol. The second-order valence-corrected chi connectivity index (χ2v) is 5.71. The summed E-state index contributed by atoms with van der Waals surface area (Å²) in [4.78, 5) is 28.5. The van der Waals surface area contributed by atoms with Crippen molar-refractivity contribution in [3.63, 3.8) is 0 Å². The average molecular weight is 327 g/mol. The van der Waals surface area contributed by atoms with Crippen molar-refractivity contribution in [2.45, 2.75) is 25.9 Å². The molecule has 126 valence electrons. The smallest absolute Gasteiger partial charge is 0.318 e. The molecule has 0 saturated carbocycles. The Morgan fingerprint density at radius 3 is 2.79 bits per heavy atom. The minimum atomic E-state index is -0.417. The molecule has 1 atom stereocenters. The molecule has 2 aromatic rings. The Hall–Kier alpha value is -2.76. The van der Waals surface area contributed by atoms with Gasteiger partial charge in [0.25, 0.3) is 0 Å². The van der Waals surface area contributed by atoms with Crippen molar-refractivity contribution in [2.24, 2.45) is 0 Å². The number of furan rings is 1. The number of rotatable bonds is 5. The van der Waals surface area contributed by atoms with Crippen molar-refractivity contribution in [3.05, 3.63) is 54.5 Å². The molecule has 1 aromatic heterocycles. The summed E-state index contributed by atoms with van der Waals surface area (Å²) in [6, 6.07) is 10.7. The highest BCUT2D eigenvalue weighted by Crippen LogP contribution is 2.24. The van der Waals surface area contributed by atoms with Crippen molar-refractivity contribution in [1.29, 1.82) is 0 Å². The third kappa shape index (κ3) is 3.27. The quantitative estimate of drug-likeness (QED) is 0.918. The summed E-state index contributed by atoms with van der Waals surface area (Å²) in [5, 5.41) is 2.84. The molecule has 1 saturated heterocycles. The molecule has 0 spiro atoms. The molecule has 1 unspecified atom stereocenters. The van der Waals surface area contributed by atoms with Crippen LogP contribution >= 0.6 is 0 Å². The van der Waals surface area contributed by atoms with E-state index in [2.05, 4.69) is 5.32 Å². The Labute approximate surface area is 141 Å². The van der Waals surface area contributed by atoms with Gasteiger partial charge >= 0.3 is 6.03 Å². The van der Waals surface area contributed by atoms with Crippen molar-refractivity contribution >= 4 is 17.6 Å². The third-order valence-corrected chi connectivity index (χ3v) is 4.25.